The van der Waals surface area contributed by atoms with E-state index < -0.39 is 23.5 Å². The standard InChI is InChI=1S/C27H27ClF3N5O5/c1-32-25(37)22-16-19(8-9-33-22)41-18-4-2-17(3-5-18)34-26(38)35-21-7-6-20(27(29,30)31)24(23(21)28)40-15-12-36-10-13-39-14-11-36/h2-9,16H,10-15H2,1H3,(H,32,37)(H2,34,35,38). The smallest absolute Gasteiger partial charge is 0.420 e. The zero-order valence-corrected chi connectivity index (χ0v) is 22.6. The molecule has 1 fully saturated rings. The lowest BCUT2D eigenvalue weighted by molar-refractivity contribution is -0.139. The molecule has 1 aliphatic heterocycles. The van der Waals surface area contributed by atoms with Gasteiger partial charge in [0.05, 0.1) is 24.5 Å². The van der Waals surface area contributed by atoms with Gasteiger partial charge in [-0.05, 0) is 42.5 Å². The summed E-state index contributed by atoms with van der Waals surface area (Å²) in [6.45, 7) is 2.76. The Bertz CT molecular complexity index is 1370. The molecule has 0 aliphatic carbocycles. The molecule has 1 aromatic heterocycles. The number of carbonyl (C=O) groups excluding carboxylic acids is 2. The maximum atomic E-state index is 13.6. The van der Waals surface area contributed by atoms with Crippen molar-refractivity contribution in [2.75, 3.05) is 57.1 Å². The van der Waals surface area contributed by atoms with Gasteiger partial charge in [0.25, 0.3) is 5.91 Å². The number of alkyl halides is 3. The fraction of sp³-hybridized carbons (Fsp3) is 0.296. The molecular formula is C27H27ClF3N5O5. The highest BCUT2D eigenvalue weighted by Crippen LogP contribution is 2.43. The molecule has 0 saturated carbocycles. The number of amides is 3. The van der Waals surface area contributed by atoms with Gasteiger partial charge >= 0.3 is 12.2 Å². The molecule has 10 nitrogen and oxygen atoms in total. The normalized spacial score (nSPS) is 13.8. The monoisotopic (exact) mass is 593 g/mol. The number of urea groups is 1. The molecule has 0 bridgehead atoms. The van der Waals surface area contributed by atoms with Crippen LogP contribution in [0.1, 0.15) is 16.1 Å². The molecule has 3 amide bonds. The van der Waals surface area contributed by atoms with Crippen molar-refractivity contribution in [3.05, 3.63) is 71.0 Å². The second kappa shape index (κ2) is 13.5. The van der Waals surface area contributed by atoms with E-state index in [1.807, 2.05) is 4.90 Å². The molecule has 41 heavy (non-hydrogen) atoms. The lowest BCUT2D eigenvalue weighted by atomic mass is 10.1. The average molecular weight is 594 g/mol. The lowest BCUT2D eigenvalue weighted by Gasteiger charge is -2.26. The minimum absolute atomic E-state index is 0.0283. The van der Waals surface area contributed by atoms with E-state index >= 15 is 0 Å². The lowest BCUT2D eigenvalue weighted by Crippen LogP contribution is -2.38. The first-order chi connectivity index (χ1) is 19.6. The Morgan fingerprint density at radius 1 is 1.05 bits per heavy atom. The Morgan fingerprint density at radius 3 is 2.46 bits per heavy atom. The zero-order chi connectivity index (χ0) is 29.4. The fourth-order valence-corrected chi connectivity index (χ4v) is 4.14. The van der Waals surface area contributed by atoms with Crippen molar-refractivity contribution in [3.63, 3.8) is 0 Å². The first-order valence-electron chi connectivity index (χ1n) is 12.5. The van der Waals surface area contributed by atoms with Crippen LogP contribution in [0.3, 0.4) is 0 Å². The van der Waals surface area contributed by atoms with Crippen LogP contribution in [0.25, 0.3) is 0 Å². The highest BCUT2D eigenvalue weighted by molar-refractivity contribution is 6.35. The van der Waals surface area contributed by atoms with Crippen LogP contribution >= 0.6 is 11.6 Å². The molecule has 14 heteroatoms. The van der Waals surface area contributed by atoms with Crippen LogP contribution in [-0.4, -0.2) is 68.3 Å². The van der Waals surface area contributed by atoms with Crippen molar-refractivity contribution < 1.29 is 37.0 Å². The number of pyridine rings is 1. The maximum absolute atomic E-state index is 13.6. The number of nitrogens with one attached hydrogen (secondary N) is 3. The zero-order valence-electron chi connectivity index (χ0n) is 21.9. The number of anilines is 2. The summed E-state index contributed by atoms with van der Waals surface area (Å²) < 4.78 is 57.4. The second-order valence-corrected chi connectivity index (χ2v) is 9.14. The molecule has 2 aromatic carbocycles. The third-order valence-corrected chi connectivity index (χ3v) is 6.32. The predicted molar refractivity (Wildman–Crippen MR) is 146 cm³/mol. The van der Waals surface area contributed by atoms with Crippen molar-refractivity contribution in [1.29, 1.82) is 0 Å². The number of rotatable bonds is 9. The summed E-state index contributed by atoms with van der Waals surface area (Å²) in [5.74, 6) is -0.102. The summed E-state index contributed by atoms with van der Waals surface area (Å²) in [5.41, 5.74) is -0.529. The minimum Gasteiger partial charge on any atom is -0.490 e. The van der Waals surface area contributed by atoms with Gasteiger partial charge < -0.3 is 30.2 Å². The number of benzene rings is 2. The van der Waals surface area contributed by atoms with E-state index in [1.165, 1.54) is 19.3 Å². The average Bonchev–Trinajstić information content (AvgIpc) is 2.95. The summed E-state index contributed by atoms with van der Waals surface area (Å²) in [6.07, 6.45) is -3.27. The molecule has 0 spiro atoms. The van der Waals surface area contributed by atoms with Crippen LogP contribution in [0.15, 0.2) is 54.7 Å². The second-order valence-electron chi connectivity index (χ2n) is 8.77. The summed E-state index contributed by atoms with van der Waals surface area (Å²) in [7, 11) is 1.49. The molecule has 4 rings (SSSR count). The van der Waals surface area contributed by atoms with Gasteiger partial charge in [0.15, 0.2) is 5.75 Å². The molecule has 0 radical (unpaired) electrons. The quantitative estimate of drug-likeness (QED) is 0.310. The van der Waals surface area contributed by atoms with E-state index in [4.69, 9.17) is 25.8 Å². The van der Waals surface area contributed by atoms with Gasteiger partial charge in [-0.25, -0.2) is 4.79 Å². The number of halogens is 4. The molecule has 3 N–H and O–H groups in total. The van der Waals surface area contributed by atoms with Gasteiger partial charge in [0, 0.05) is 44.6 Å². The van der Waals surface area contributed by atoms with Gasteiger partial charge in [0.1, 0.15) is 28.8 Å². The Hall–Kier alpha value is -4.07. The van der Waals surface area contributed by atoms with Gasteiger partial charge in [0.2, 0.25) is 0 Å². The number of morpholine rings is 1. The summed E-state index contributed by atoms with van der Waals surface area (Å²) in [4.78, 5) is 30.4. The summed E-state index contributed by atoms with van der Waals surface area (Å²) in [5, 5.41) is 7.16. The van der Waals surface area contributed by atoms with E-state index in [2.05, 4.69) is 20.9 Å². The number of aromatic nitrogens is 1. The Balaban J connectivity index is 1.39. The molecular weight excluding hydrogens is 567 g/mol. The van der Waals surface area contributed by atoms with Gasteiger partial charge in [-0.2, -0.15) is 13.2 Å². The topological polar surface area (TPSA) is 114 Å². The van der Waals surface area contributed by atoms with Crippen LogP contribution in [0, 0.1) is 0 Å². The third kappa shape index (κ3) is 8.22. The highest BCUT2D eigenvalue weighted by atomic mass is 35.5. The Kier molecular flexibility index (Phi) is 9.86. The Morgan fingerprint density at radius 2 is 1.78 bits per heavy atom. The number of ether oxygens (including phenoxy) is 3. The van der Waals surface area contributed by atoms with Crippen LogP contribution < -0.4 is 25.4 Å². The van der Waals surface area contributed by atoms with Crippen molar-refractivity contribution in [3.8, 4) is 17.2 Å². The van der Waals surface area contributed by atoms with Gasteiger partial charge in [-0.1, -0.05) is 11.6 Å². The van der Waals surface area contributed by atoms with E-state index in [9.17, 15) is 22.8 Å². The van der Waals surface area contributed by atoms with Crippen LogP contribution in [0.5, 0.6) is 17.2 Å². The molecule has 1 saturated heterocycles. The summed E-state index contributed by atoms with van der Waals surface area (Å²) in [6, 6.07) is 10.5. The maximum Gasteiger partial charge on any atom is 0.420 e. The van der Waals surface area contributed by atoms with Crippen molar-refractivity contribution >= 4 is 34.9 Å². The molecule has 3 aromatic rings. The molecule has 218 valence electrons. The van der Waals surface area contributed by atoms with Crippen molar-refractivity contribution in [1.82, 2.24) is 15.2 Å². The molecule has 0 unspecified atom stereocenters. The van der Waals surface area contributed by atoms with E-state index in [1.54, 1.807) is 30.3 Å². The van der Waals surface area contributed by atoms with Crippen molar-refractivity contribution in [2.45, 2.75) is 6.18 Å². The van der Waals surface area contributed by atoms with Crippen LogP contribution in [0.4, 0.5) is 29.3 Å². The Labute approximate surface area is 238 Å². The number of nitrogens with zero attached hydrogens (tertiary/aromatic N) is 2. The van der Waals surface area contributed by atoms with Gasteiger partial charge in [-0.15, -0.1) is 0 Å². The van der Waals surface area contributed by atoms with Gasteiger partial charge in [-0.3, -0.25) is 14.7 Å². The van der Waals surface area contributed by atoms with Crippen LogP contribution in [-0.2, 0) is 10.9 Å². The number of hydrogen-bond acceptors (Lipinski definition) is 7. The summed E-state index contributed by atoms with van der Waals surface area (Å²) >= 11 is 6.28. The van der Waals surface area contributed by atoms with E-state index in [0.717, 1.165) is 12.1 Å². The first-order valence-corrected chi connectivity index (χ1v) is 12.9. The number of hydrogen-bond donors (Lipinski definition) is 3. The molecule has 1 aliphatic rings. The van der Waals surface area contributed by atoms with Crippen LogP contribution in [0.2, 0.25) is 5.02 Å². The highest BCUT2D eigenvalue weighted by Gasteiger charge is 2.36. The first kappa shape index (κ1) is 29.9. The SMILES string of the molecule is CNC(=O)c1cc(Oc2ccc(NC(=O)Nc3ccc(C(F)(F)F)c(OCCN4CCOCC4)c3Cl)cc2)ccn1. The minimum atomic E-state index is -4.71. The third-order valence-electron chi connectivity index (χ3n) is 5.95. The predicted octanol–water partition coefficient (Wildman–Crippen LogP) is 5.26. The number of carbonyl (C=O) groups is 2. The van der Waals surface area contributed by atoms with E-state index in [-0.39, 0.29) is 28.9 Å². The van der Waals surface area contributed by atoms with E-state index in [0.29, 0.717) is 50.0 Å². The molecule has 2 heterocycles. The van der Waals surface area contributed by atoms with Crippen molar-refractivity contribution in [2.24, 2.45) is 0 Å². The molecule has 0 atom stereocenters. The largest absolute Gasteiger partial charge is 0.490 e. The fourth-order valence-electron chi connectivity index (χ4n) is 3.87.